The van der Waals surface area contributed by atoms with Crippen LogP contribution in [-0.2, 0) is 10.0 Å². The molecule has 1 amide bonds. The lowest BCUT2D eigenvalue weighted by molar-refractivity contribution is 0.0955. The van der Waals surface area contributed by atoms with Gasteiger partial charge in [-0.25, -0.2) is 13.8 Å². The predicted molar refractivity (Wildman–Crippen MR) is 128 cm³/mol. The summed E-state index contributed by atoms with van der Waals surface area (Å²) in [6, 6.07) is 19.7. The summed E-state index contributed by atoms with van der Waals surface area (Å²) in [5.41, 5.74) is 3.95. The largest absolute Gasteiger partial charge is 0.493 e. The van der Waals surface area contributed by atoms with Crippen LogP contribution in [-0.4, -0.2) is 41.3 Å². The Balaban J connectivity index is 1.66. The van der Waals surface area contributed by atoms with Gasteiger partial charge in [-0.2, -0.15) is 5.10 Å². The van der Waals surface area contributed by atoms with Crippen molar-refractivity contribution in [3.63, 3.8) is 0 Å². The molecule has 0 saturated heterocycles. The van der Waals surface area contributed by atoms with Crippen LogP contribution in [0.4, 0.5) is 5.69 Å². The molecule has 0 heterocycles. The van der Waals surface area contributed by atoms with Crippen molar-refractivity contribution in [3.05, 3.63) is 83.9 Å². The summed E-state index contributed by atoms with van der Waals surface area (Å²) < 4.78 is 37.4. The Morgan fingerprint density at radius 1 is 1.03 bits per heavy atom. The number of amides is 1. The summed E-state index contributed by atoms with van der Waals surface area (Å²) in [4.78, 5) is 12.6. The molecule has 3 aromatic carbocycles. The van der Waals surface area contributed by atoms with Gasteiger partial charge in [-0.3, -0.25) is 9.10 Å². The molecule has 0 aromatic heterocycles. The Labute approximate surface area is 193 Å². The van der Waals surface area contributed by atoms with E-state index in [9.17, 15) is 13.2 Å². The van der Waals surface area contributed by atoms with Crippen LogP contribution in [0.15, 0.2) is 82.8 Å². The topological polar surface area (TPSA) is 97.3 Å². The van der Waals surface area contributed by atoms with E-state index in [0.717, 1.165) is 5.56 Å². The molecule has 3 rings (SSSR count). The zero-order valence-corrected chi connectivity index (χ0v) is 19.4. The molecule has 0 radical (unpaired) electrons. The lowest BCUT2D eigenvalue weighted by Crippen LogP contribution is -2.26. The van der Waals surface area contributed by atoms with Crippen molar-refractivity contribution >= 4 is 27.8 Å². The SMILES string of the molecule is CCOc1ccc(/C=N/NC(=O)c2ccc(N(C)S(=O)(=O)c3ccccc3)cc2)cc1OC. The number of benzene rings is 3. The van der Waals surface area contributed by atoms with Gasteiger partial charge >= 0.3 is 0 Å². The van der Waals surface area contributed by atoms with Gasteiger partial charge in [-0.1, -0.05) is 18.2 Å². The van der Waals surface area contributed by atoms with Gasteiger partial charge in [0.1, 0.15) is 0 Å². The fraction of sp³-hybridized carbons (Fsp3) is 0.167. The number of ether oxygens (including phenoxy) is 2. The van der Waals surface area contributed by atoms with Crippen molar-refractivity contribution in [2.75, 3.05) is 25.1 Å². The normalized spacial score (nSPS) is 11.2. The first-order chi connectivity index (χ1) is 15.9. The van der Waals surface area contributed by atoms with Gasteiger partial charge in [-0.05, 0) is 67.1 Å². The van der Waals surface area contributed by atoms with E-state index in [2.05, 4.69) is 10.5 Å². The highest BCUT2D eigenvalue weighted by Crippen LogP contribution is 2.27. The average molecular weight is 468 g/mol. The molecule has 9 heteroatoms. The third-order valence-corrected chi connectivity index (χ3v) is 6.56. The number of nitrogens with zero attached hydrogens (tertiary/aromatic N) is 2. The first kappa shape index (κ1) is 23.8. The Bertz CT molecular complexity index is 1230. The van der Waals surface area contributed by atoms with Crippen molar-refractivity contribution in [2.24, 2.45) is 5.10 Å². The standard InChI is InChI=1S/C24H25N3O5S/c1-4-32-22-15-10-18(16-23(22)31-3)17-25-26-24(28)19-11-13-20(14-12-19)27(2)33(29,30)21-8-6-5-7-9-21/h5-17H,4H2,1-3H3,(H,26,28)/b25-17+. The Kier molecular flexibility index (Phi) is 7.68. The Hall–Kier alpha value is -3.85. The molecule has 0 bridgehead atoms. The highest BCUT2D eigenvalue weighted by atomic mass is 32.2. The van der Waals surface area contributed by atoms with Gasteiger partial charge in [0.05, 0.1) is 30.5 Å². The van der Waals surface area contributed by atoms with Crippen LogP contribution < -0.4 is 19.2 Å². The van der Waals surface area contributed by atoms with Crippen LogP contribution >= 0.6 is 0 Å². The number of hydrazone groups is 1. The van der Waals surface area contributed by atoms with Gasteiger partial charge in [-0.15, -0.1) is 0 Å². The van der Waals surface area contributed by atoms with Crippen LogP contribution in [0.25, 0.3) is 0 Å². The van der Waals surface area contributed by atoms with E-state index in [1.165, 1.54) is 41.8 Å². The van der Waals surface area contributed by atoms with Crippen LogP contribution in [0.3, 0.4) is 0 Å². The molecule has 8 nitrogen and oxygen atoms in total. The second kappa shape index (κ2) is 10.6. The van der Waals surface area contributed by atoms with Crippen LogP contribution in [0.2, 0.25) is 0 Å². The first-order valence-electron chi connectivity index (χ1n) is 10.1. The van der Waals surface area contributed by atoms with Gasteiger partial charge < -0.3 is 9.47 Å². The molecule has 33 heavy (non-hydrogen) atoms. The Morgan fingerprint density at radius 3 is 2.36 bits per heavy atom. The predicted octanol–water partition coefficient (Wildman–Crippen LogP) is 3.68. The molecule has 0 aliphatic carbocycles. The lowest BCUT2D eigenvalue weighted by atomic mass is 10.2. The van der Waals surface area contributed by atoms with Gasteiger partial charge in [0.2, 0.25) is 0 Å². The van der Waals surface area contributed by atoms with E-state index in [1.54, 1.807) is 55.6 Å². The van der Waals surface area contributed by atoms with Crippen molar-refractivity contribution in [2.45, 2.75) is 11.8 Å². The molecular formula is C24H25N3O5S. The third kappa shape index (κ3) is 5.69. The van der Waals surface area contributed by atoms with Crippen LogP contribution in [0.1, 0.15) is 22.8 Å². The summed E-state index contributed by atoms with van der Waals surface area (Å²) in [6.45, 7) is 2.41. The number of hydrogen-bond donors (Lipinski definition) is 1. The van der Waals surface area contributed by atoms with E-state index >= 15 is 0 Å². The third-order valence-electron chi connectivity index (χ3n) is 4.76. The molecule has 172 valence electrons. The maximum absolute atomic E-state index is 12.7. The van der Waals surface area contributed by atoms with Crippen molar-refractivity contribution in [1.29, 1.82) is 0 Å². The molecule has 0 unspecified atom stereocenters. The zero-order chi connectivity index (χ0) is 23.8. The monoisotopic (exact) mass is 467 g/mol. The fourth-order valence-corrected chi connectivity index (χ4v) is 4.20. The number of hydrogen-bond acceptors (Lipinski definition) is 6. The zero-order valence-electron chi connectivity index (χ0n) is 18.6. The minimum absolute atomic E-state index is 0.189. The fourth-order valence-electron chi connectivity index (χ4n) is 2.98. The summed E-state index contributed by atoms with van der Waals surface area (Å²) in [6.07, 6.45) is 1.49. The number of carbonyl (C=O) groups is 1. The molecule has 3 aromatic rings. The summed E-state index contributed by atoms with van der Waals surface area (Å²) in [5, 5.41) is 3.98. The molecule has 0 spiro atoms. The quantitative estimate of drug-likeness (QED) is 0.382. The first-order valence-corrected chi connectivity index (χ1v) is 11.6. The average Bonchev–Trinajstić information content (AvgIpc) is 2.85. The maximum Gasteiger partial charge on any atom is 0.271 e. The lowest BCUT2D eigenvalue weighted by Gasteiger charge is -2.19. The summed E-state index contributed by atoms with van der Waals surface area (Å²) in [5.74, 6) is 0.766. The van der Waals surface area contributed by atoms with E-state index in [-0.39, 0.29) is 4.90 Å². The van der Waals surface area contributed by atoms with Crippen LogP contribution in [0.5, 0.6) is 11.5 Å². The highest BCUT2D eigenvalue weighted by Gasteiger charge is 2.21. The minimum atomic E-state index is -3.69. The van der Waals surface area contributed by atoms with E-state index in [0.29, 0.717) is 29.4 Å². The minimum Gasteiger partial charge on any atom is -0.493 e. The van der Waals surface area contributed by atoms with Crippen molar-refractivity contribution in [3.8, 4) is 11.5 Å². The van der Waals surface area contributed by atoms with Crippen molar-refractivity contribution < 1.29 is 22.7 Å². The number of sulfonamides is 1. The molecule has 0 aliphatic heterocycles. The smallest absolute Gasteiger partial charge is 0.271 e. The van der Waals surface area contributed by atoms with Gasteiger partial charge in [0, 0.05) is 12.6 Å². The maximum atomic E-state index is 12.7. The van der Waals surface area contributed by atoms with E-state index in [1.807, 2.05) is 6.92 Å². The van der Waals surface area contributed by atoms with E-state index < -0.39 is 15.9 Å². The summed E-state index contributed by atoms with van der Waals surface area (Å²) >= 11 is 0. The molecule has 0 saturated carbocycles. The molecular weight excluding hydrogens is 442 g/mol. The second-order valence-corrected chi connectivity index (χ2v) is 8.84. The summed E-state index contributed by atoms with van der Waals surface area (Å²) in [7, 11) is -0.679. The molecule has 1 N–H and O–H groups in total. The number of methoxy groups -OCH3 is 1. The number of nitrogens with one attached hydrogen (secondary N) is 1. The van der Waals surface area contributed by atoms with Crippen LogP contribution in [0, 0.1) is 0 Å². The molecule has 0 fully saturated rings. The number of anilines is 1. The number of carbonyl (C=O) groups excluding carboxylic acids is 1. The van der Waals surface area contributed by atoms with E-state index in [4.69, 9.17) is 9.47 Å². The molecule has 0 aliphatic rings. The van der Waals surface area contributed by atoms with Gasteiger partial charge in [0.15, 0.2) is 11.5 Å². The Morgan fingerprint density at radius 2 is 1.73 bits per heavy atom. The second-order valence-electron chi connectivity index (χ2n) is 6.87. The number of rotatable bonds is 9. The van der Waals surface area contributed by atoms with Crippen molar-refractivity contribution in [1.82, 2.24) is 5.43 Å². The van der Waals surface area contributed by atoms with Gasteiger partial charge in [0.25, 0.3) is 15.9 Å². The highest BCUT2D eigenvalue weighted by molar-refractivity contribution is 7.92. The molecule has 0 atom stereocenters.